The van der Waals surface area contributed by atoms with Crippen LogP contribution < -0.4 is 15.4 Å². The molecule has 0 saturated carbocycles. The molecule has 0 amide bonds. The summed E-state index contributed by atoms with van der Waals surface area (Å²) >= 11 is 0. The van der Waals surface area contributed by atoms with E-state index >= 15 is 0 Å². The second-order valence-corrected chi connectivity index (χ2v) is 14.2. The average Bonchev–Trinajstić information content (AvgIpc) is 4.12. The van der Waals surface area contributed by atoms with Crippen LogP contribution in [0.5, 0.6) is 5.75 Å². The minimum absolute atomic E-state index is 0.536. The third kappa shape index (κ3) is 6.53. The number of aromatic nitrogens is 1. The lowest BCUT2D eigenvalue weighted by atomic mass is 9.89. The zero-order valence-electron chi connectivity index (χ0n) is 31.8. The molecular formula is C53H36N4O. The number of aromatic amines is 1. The summed E-state index contributed by atoms with van der Waals surface area (Å²) in [5, 5.41) is 1.93. The predicted molar refractivity (Wildman–Crippen MR) is 237 cm³/mol. The molecule has 5 nitrogen and oxygen atoms in total. The van der Waals surface area contributed by atoms with Crippen LogP contribution in [0.15, 0.2) is 220 Å². The number of nitrogens with zero attached hydrogens (tertiary/aromatic N) is 3. The largest absolute Gasteiger partial charge is 0.497 e. The van der Waals surface area contributed by atoms with Gasteiger partial charge in [-0.2, -0.15) is 0 Å². The summed E-state index contributed by atoms with van der Waals surface area (Å²) in [6, 6.07) is 54.0. The van der Waals surface area contributed by atoms with E-state index in [9.17, 15) is 0 Å². The predicted octanol–water partition coefficient (Wildman–Crippen LogP) is 9.43. The quantitative estimate of drug-likeness (QED) is 0.176. The van der Waals surface area contributed by atoms with Gasteiger partial charge in [0.2, 0.25) is 0 Å². The summed E-state index contributed by atoms with van der Waals surface area (Å²) in [5.41, 5.74) is 15.1. The van der Waals surface area contributed by atoms with Gasteiger partial charge in [-0.05, 0) is 88.9 Å². The van der Waals surface area contributed by atoms with Gasteiger partial charge >= 0.3 is 0 Å². The van der Waals surface area contributed by atoms with Crippen molar-refractivity contribution in [1.82, 2.24) is 4.98 Å². The number of fused-ring (bicyclic) bond motifs is 6. The van der Waals surface area contributed by atoms with Gasteiger partial charge in [-0.1, -0.05) is 127 Å². The molecule has 58 heavy (non-hydrogen) atoms. The van der Waals surface area contributed by atoms with E-state index in [1.165, 1.54) is 0 Å². The summed E-state index contributed by atoms with van der Waals surface area (Å²) in [7, 11) is 1.67. The molecule has 8 bridgehead atoms. The number of H-pyrrole nitrogens is 1. The summed E-state index contributed by atoms with van der Waals surface area (Å²) in [5.74, 6) is 7.73. The van der Waals surface area contributed by atoms with E-state index in [1.54, 1.807) is 7.11 Å². The first-order valence-electron chi connectivity index (χ1n) is 19.4. The first-order chi connectivity index (χ1) is 28.7. The highest BCUT2D eigenvalue weighted by molar-refractivity contribution is 6.34. The summed E-state index contributed by atoms with van der Waals surface area (Å²) in [6.07, 6.45) is 9.05. The second-order valence-electron chi connectivity index (χ2n) is 14.2. The fourth-order valence-corrected chi connectivity index (χ4v) is 7.96. The molecule has 1 aromatic heterocycles. The zero-order valence-corrected chi connectivity index (χ0v) is 31.8. The Morgan fingerprint density at radius 3 is 1.43 bits per heavy atom. The summed E-state index contributed by atoms with van der Waals surface area (Å²) in [4.78, 5) is 20.2. The minimum atomic E-state index is 0.536. The van der Waals surface area contributed by atoms with Crippen molar-refractivity contribution in [3.05, 3.63) is 243 Å². The van der Waals surface area contributed by atoms with Crippen LogP contribution in [0.25, 0.3) is 22.3 Å². The first kappa shape index (κ1) is 34.7. The Labute approximate surface area is 337 Å². The molecule has 6 aromatic rings. The first-order valence-corrected chi connectivity index (χ1v) is 19.4. The molecule has 10 rings (SSSR count). The number of aliphatic imine (C=N–C) groups is 3. The van der Waals surface area contributed by atoms with Gasteiger partial charge in [0.15, 0.2) is 0 Å². The number of ether oxygens (including phenoxy) is 1. The van der Waals surface area contributed by atoms with E-state index in [1.807, 2.05) is 48.5 Å². The Morgan fingerprint density at radius 1 is 0.466 bits per heavy atom. The molecular weight excluding hydrogens is 709 g/mol. The van der Waals surface area contributed by atoms with Gasteiger partial charge in [0.05, 0.1) is 35.6 Å². The maximum atomic E-state index is 5.48. The van der Waals surface area contributed by atoms with Crippen LogP contribution in [0.1, 0.15) is 34.2 Å². The molecule has 4 aliphatic rings. The van der Waals surface area contributed by atoms with E-state index < -0.39 is 0 Å². The van der Waals surface area contributed by atoms with Crippen LogP contribution in [0.2, 0.25) is 0 Å². The third-order valence-electron chi connectivity index (χ3n) is 10.7. The highest BCUT2D eigenvalue weighted by Gasteiger charge is 2.30. The van der Waals surface area contributed by atoms with Gasteiger partial charge in [0, 0.05) is 50.5 Å². The van der Waals surface area contributed by atoms with Crippen molar-refractivity contribution in [2.24, 2.45) is 15.0 Å². The molecule has 5 heterocycles. The molecule has 1 N–H and O–H groups in total. The fraction of sp³-hybridized carbons (Fsp3) is 0.0377. The van der Waals surface area contributed by atoms with E-state index in [-0.39, 0.29) is 0 Å². The smallest absolute Gasteiger partial charge is 0.118 e. The molecule has 0 unspecified atom stereocenters. The number of rotatable bonds is 5. The molecule has 0 spiro atoms. The maximum absolute atomic E-state index is 5.48. The molecule has 0 saturated heterocycles. The van der Waals surface area contributed by atoms with Crippen molar-refractivity contribution in [2.75, 3.05) is 7.11 Å². The lowest BCUT2D eigenvalue weighted by molar-refractivity contribution is 0.415. The van der Waals surface area contributed by atoms with Crippen LogP contribution in [0.4, 0.5) is 0 Å². The lowest BCUT2D eigenvalue weighted by Gasteiger charge is -2.14. The molecule has 0 aliphatic carbocycles. The third-order valence-corrected chi connectivity index (χ3v) is 10.7. The van der Waals surface area contributed by atoms with Crippen LogP contribution in [0.3, 0.4) is 0 Å². The Morgan fingerprint density at radius 2 is 0.931 bits per heavy atom. The average molecular weight is 745 g/mol. The number of allylic oxidation sites excluding steroid dienone is 8. The molecule has 0 atom stereocenters. The second kappa shape index (κ2) is 15.0. The molecule has 0 radical (unpaired) electrons. The molecule has 4 aliphatic heterocycles. The van der Waals surface area contributed by atoms with E-state index in [0.29, 0.717) is 12.1 Å². The molecule has 274 valence electrons. The van der Waals surface area contributed by atoms with Crippen LogP contribution >= 0.6 is 0 Å². The van der Waals surface area contributed by atoms with Gasteiger partial charge in [-0.15, -0.1) is 0 Å². The van der Waals surface area contributed by atoms with Crippen LogP contribution in [0, 0.1) is 11.8 Å². The lowest BCUT2D eigenvalue weighted by Crippen LogP contribution is -2.21. The molecule has 5 heteroatoms. The fourth-order valence-electron chi connectivity index (χ4n) is 7.96. The van der Waals surface area contributed by atoms with Crippen molar-refractivity contribution in [3.63, 3.8) is 0 Å². The molecule has 0 fully saturated rings. The summed E-state index contributed by atoms with van der Waals surface area (Å²) in [6.45, 7) is 0. The SMILES string of the molecule is COc1ccc(C#CC2=C3CC(=N2)C(c2ccccc2)=C2C=CC(=N2)C(c2ccccc2)=c2ccc([nH]2)=C(c2ccccc2)C2=NC(=C3c3ccccc3)C=C2)cc1. The van der Waals surface area contributed by atoms with E-state index in [2.05, 4.69) is 150 Å². The number of nitrogens with one attached hydrogen (secondary N) is 1. The Hall–Kier alpha value is -7.81. The van der Waals surface area contributed by atoms with Crippen LogP contribution in [-0.4, -0.2) is 29.2 Å². The number of benzene rings is 5. The van der Waals surface area contributed by atoms with Crippen molar-refractivity contribution in [2.45, 2.75) is 6.42 Å². The Bertz CT molecular complexity index is 3050. The highest BCUT2D eigenvalue weighted by atomic mass is 16.5. The maximum Gasteiger partial charge on any atom is 0.118 e. The van der Waals surface area contributed by atoms with Gasteiger partial charge < -0.3 is 9.72 Å². The van der Waals surface area contributed by atoms with Crippen LogP contribution in [-0.2, 0) is 0 Å². The van der Waals surface area contributed by atoms with Crippen molar-refractivity contribution < 1.29 is 4.74 Å². The standard InChI is InChI=1S/C53H36N4O/c1-58-40-25-22-35(23-26-40)24-27-42-41-34-49(54-42)53(39-20-12-5-13-21-39)48-33-32-47(57-48)52(38-18-10-4-11-19-38)46-31-30-45(56-46)51(37-16-8-3-9-17-37)44-29-28-43(55-44)50(41)36-14-6-2-7-15-36/h2-23,25-26,28-33,56H,34H2,1H3. The van der Waals surface area contributed by atoms with Gasteiger partial charge in [-0.3, -0.25) is 0 Å². The van der Waals surface area contributed by atoms with Crippen molar-refractivity contribution in [1.29, 1.82) is 0 Å². The van der Waals surface area contributed by atoms with Gasteiger partial charge in [-0.25, -0.2) is 15.0 Å². The Balaban J connectivity index is 1.31. The monoisotopic (exact) mass is 744 g/mol. The number of hydrogen-bond acceptors (Lipinski definition) is 4. The number of hydrogen-bond donors (Lipinski definition) is 1. The van der Waals surface area contributed by atoms with Gasteiger partial charge in [0.1, 0.15) is 11.4 Å². The highest BCUT2D eigenvalue weighted by Crippen LogP contribution is 2.41. The van der Waals surface area contributed by atoms with E-state index in [0.717, 1.165) is 101 Å². The summed E-state index contributed by atoms with van der Waals surface area (Å²) < 4.78 is 5.42. The van der Waals surface area contributed by atoms with E-state index in [4.69, 9.17) is 19.7 Å². The number of methoxy groups -OCH3 is 1. The van der Waals surface area contributed by atoms with Gasteiger partial charge in [0.25, 0.3) is 0 Å². The molecule has 5 aromatic carbocycles. The van der Waals surface area contributed by atoms with Crippen molar-refractivity contribution >= 4 is 39.4 Å². The Kier molecular flexibility index (Phi) is 8.98. The van der Waals surface area contributed by atoms with Crippen molar-refractivity contribution in [3.8, 4) is 17.6 Å². The minimum Gasteiger partial charge on any atom is -0.497 e. The topological polar surface area (TPSA) is 62.1 Å². The normalized spacial score (nSPS) is 15.7. The zero-order chi connectivity index (χ0) is 38.8.